The molecule has 6 heteroatoms. The van der Waals surface area contributed by atoms with Crippen LogP contribution in [0, 0.1) is 0 Å². The average Bonchev–Trinajstić information content (AvgIpc) is 2.97. The molecule has 0 bridgehead atoms. The Kier molecular flexibility index (Phi) is 5.11. The molecule has 1 saturated heterocycles. The molecule has 1 fully saturated rings. The molecule has 4 rings (SSSR count). The van der Waals surface area contributed by atoms with E-state index in [0.29, 0.717) is 15.7 Å². The Balaban J connectivity index is 1.70. The SMILES string of the molecule is COc1ccc2ccccc2c1/C=C1\SC(=O)N(Cc2ccc(Cl)cc2)C1=O. The lowest BCUT2D eigenvalue weighted by atomic mass is 10.0. The summed E-state index contributed by atoms with van der Waals surface area (Å²) >= 11 is 6.85. The molecule has 1 heterocycles. The van der Waals surface area contributed by atoms with Crippen LogP contribution in [0.1, 0.15) is 11.1 Å². The minimum absolute atomic E-state index is 0.214. The van der Waals surface area contributed by atoms with Crippen molar-refractivity contribution >= 4 is 51.4 Å². The van der Waals surface area contributed by atoms with Gasteiger partial charge in [0.1, 0.15) is 5.75 Å². The summed E-state index contributed by atoms with van der Waals surface area (Å²) in [5.74, 6) is 0.350. The van der Waals surface area contributed by atoms with Crippen molar-refractivity contribution in [1.82, 2.24) is 4.90 Å². The van der Waals surface area contributed by atoms with E-state index in [1.807, 2.05) is 48.5 Å². The summed E-state index contributed by atoms with van der Waals surface area (Å²) in [5, 5.41) is 2.33. The third kappa shape index (κ3) is 3.51. The fraction of sp³-hybridized carbons (Fsp3) is 0.0909. The molecule has 1 aliphatic heterocycles. The van der Waals surface area contributed by atoms with Crippen molar-refractivity contribution in [2.24, 2.45) is 0 Å². The molecule has 0 aromatic heterocycles. The number of hydrogen-bond donors (Lipinski definition) is 0. The van der Waals surface area contributed by atoms with Crippen LogP contribution in [0.4, 0.5) is 4.79 Å². The molecule has 28 heavy (non-hydrogen) atoms. The molecule has 0 radical (unpaired) electrons. The van der Waals surface area contributed by atoms with Gasteiger partial charge < -0.3 is 4.74 Å². The molecule has 0 N–H and O–H groups in total. The maximum atomic E-state index is 12.9. The number of thioether (sulfide) groups is 1. The number of halogens is 1. The highest BCUT2D eigenvalue weighted by molar-refractivity contribution is 8.18. The monoisotopic (exact) mass is 409 g/mol. The van der Waals surface area contributed by atoms with E-state index in [9.17, 15) is 9.59 Å². The standard InChI is InChI=1S/C22H16ClNO3S/c1-27-19-11-8-15-4-2-3-5-17(15)18(19)12-20-21(25)24(22(26)28-20)13-14-6-9-16(23)10-7-14/h2-12H,13H2,1H3/b20-12-. The Morgan fingerprint density at radius 1 is 1.04 bits per heavy atom. The first kappa shape index (κ1) is 18.6. The number of carbonyl (C=O) groups excluding carboxylic acids is 2. The third-order valence-corrected chi connectivity index (χ3v) is 5.71. The molecule has 0 spiro atoms. The van der Waals surface area contributed by atoms with Crippen LogP contribution in [0.3, 0.4) is 0 Å². The zero-order valence-electron chi connectivity index (χ0n) is 15.0. The van der Waals surface area contributed by atoms with Gasteiger partial charge >= 0.3 is 0 Å². The maximum absolute atomic E-state index is 12.9. The molecular weight excluding hydrogens is 394 g/mol. The smallest absolute Gasteiger partial charge is 0.293 e. The molecule has 0 saturated carbocycles. The largest absolute Gasteiger partial charge is 0.496 e. The molecule has 3 aromatic rings. The maximum Gasteiger partial charge on any atom is 0.293 e. The van der Waals surface area contributed by atoms with Crippen LogP contribution in [-0.2, 0) is 11.3 Å². The van der Waals surface area contributed by atoms with Crippen molar-refractivity contribution in [2.45, 2.75) is 6.54 Å². The van der Waals surface area contributed by atoms with E-state index in [1.165, 1.54) is 4.90 Å². The van der Waals surface area contributed by atoms with Gasteiger partial charge in [-0.25, -0.2) is 0 Å². The molecule has 3 aromatic carbocycles. The summed E-state index contributed by atoms with van der Waals surface area (Å²) in [5.41, 5.74) is 1.63. The lowest BCUT2D eigenvalue weighted by molar-refractivity contribution is -0.123. The van der Waals surface area contributed by atoms with Gasteiger partial charge in [0.15, 0.2) is 0 Å². The number of rotatable bonds is 4. The van der Waals surface area contributed by atoms with Gasteiger partial charge in [0.05, 0.1) is 18.6 Å². The van der Waals surface area contributed by atoms with E-state index in [2.05, 4.69) is 0 Å². The van der Waals surface area contributed by atoms with Crippen LogP contribution in [0.25, 0.3) is 16.8 Å². The first-order chi connectivity index (χ1) is 13.6. The summed E-state index contributed by atoms with van der Waals surface area (Å²) in [7, 11) is 1.59. The van der Waals surface area contributed by atoms with Crippen LogP contribution in [0.15, 0.2) is 65.6 Å². The summed E-state index contributed by atoms with van der Waals surface area (Å²) in [6, 6.07) is 18.8. The summed E-state index contributed by atoms with van der Waals surface area (Å²) in [6.07, 6.45) is 1.74. The number of hydrogen-bond acceptors (Lipinski definition) is 4. The van der Waals surface area contributed by atoms with Crippen LogP contribution in [0.5, 0.6) is 5.75 Å². The van der Waals surface area contributed by atoms with Gasteiger partial charge in [-0.15, -0.1) is 0 Å². The minimum atomic E-state index is -0.306. The van der Waals surface area contributed by atoms with Gasteiger partial charge in [-0.1, -0.05) is 54.1 Å². The zero-order chi connectivity index (χ0) is 19.7. The van der Waals surface area contributed by atoms with Gasteiger partial charge in [0.25, 0.3) is 11.1 Å². The zero-order valence-corrected chi connectivity index (χ0v) is 16.6. The molecule has 4 nitrogen and oxygen atoms in total. The Labute approximate surface area is 171 Å². The number of nitrogens with zero attached hydrogens (tertiary/aromatic N) is 1. The molecule has 1 aliphatic rings. The molecule has 0 unspecified atom stereocenters. The fourth-order valence-electron chi connectivity index (χ4n) is 3.14. The van der Waals surface area contributed by atoms with Crippen LogP contribution >= 0.6 is 23.4 Å². The van der Waals surface area contributed by atoms with Gasteiger partial charge in [-0.3, -0.25) is 14.5 Å². The predicted molar refractivity (Wildman–Crippen MR) is 113 cm³/mol. The summed E-state index contributed by atoms with van der Waals surface area (Å²) in [4.78, 5) is 27.0. The topological polar surface area (TPSA) is 46.6 Å². The number of fused-ring (bicyclic) bond motifs is 1. The Morgan fingerprint density at radius 2 is 1.79 bits per heavy atom. The second-order valence-corrected chi connectivity index (χ2v) is 7.73. The van der Waals surface area contributed by atoms with Crippen molar-refractivity contribution in [3.05, 3.63) is 81.7 Å². The second kappa shape index (κ2) is 7.70. The highest BCUT2D eigenvalue weighted by Crippen LogP contribution is 2.37. The number of ether oxygens (including phenoxy) is 1. The van der Waals surface area contributed by atoms with E-state index in [-0.39, 0.29) is 17.7 Å². The van der Waals surface area contributed by atoms with Crippen LogP contribution in [0.2, 0.25) is 5.02 Å². The minimum Gasteiger partial charge on any atom is -0.496 e. The van der Waals surface area contributed by atoms with Crippen LogP contribution < -0.4 is 4.74 Å². The van der Waals surface area contributed by atoms with E-state index in [4.69, 9.17) is 16.3 Å². The van der Waals surface area contributed by atoms with Gasteiger partial charge in [-0.2, -0.15) is 0 Å². The van der Waals surface area contributed by atoms with Crippen molar-refractivity contribution in [3.63, 3.8) is 0 Å². The van der Waals surface area contributed by atoms with Crippen molar-refractivity contribution in [3.8, 4) is 5.75 Å². The predicted octanol–water partition coefficient (Wildman–Crippen LogP) is 5.74. The van der Waals surface area contributed by atoms with Crippen molar-refractivity contribution in [2.75, 3.05) is 7.11 Å². The van der Waals surface area contributed by atoms with E-state index >= 15 is 0 Å². The van der Waals surface area contributed by atoms with Gasteiger partial charge in [0, 0.05) is 10.6 Å². The number of methoxy groups -OCH3 is 1. The first-order valence-electron chi connectivity index (χ1n) is 8.62. The number of amides is 2. The van der Waals surface area contributed by atoms with Crippen molar-refractivity contribution < 1.29 is 14.3 Å². The van der Waals surface area contributed by atoms with E-state index in [1.54, 1.807) is 25.3 Å². The van der Waals surface area contributed by atoms with Gasteiger partial charge in [0.2, 0.25) is 0 Å². The fourth-order valence-corrected chi connectivity index (χ4v) is 4.09. The molecule has 140 valence electrons. The highest BCUT2D eigenvalue weighted by atomic mass is 35.5. The molecule has 2 amide bonds. The Bertz CT molecular complexity index is 1110. The van der Waals surface area contributed by atoms with Crippen LogP contribution in [-0.4, -0.2) is 23.2 Å². The first-order valence-corrected chi connectivity index (χ1v) is 9.82. The Hall–Kier alpha value is -2.76. The third-order valence-electron chi connectivity index (χ3n) is 4.55. The quantitative estimate of drug-likeness (QED) is 0.515. The molecule has 0 atom stereocenters. The summed E-state index contributed by atoms with van der Waals surface area (Å²) < 4.78 is 5.48. The van der Waals surface area contributed by atoms with Gasteiger partial charge in [-0.05, 0) is 52.4 Å². The number of benzene rings is 3. The second-order valence-electron chi connectivity index (χ2n) is 6.30. The van der Waals surface area contributed by atoms with E-state index < -0.39 is 0 Å². The normalized spacial score (nSPS) is 15.6. The van der Waals surface area contributed by atoms with E-state index in [0.717, 1.165) is 33.7 Å². The Morgan fingerprint density at radius 3 is 2.54 bits per heavy atom. The number of imide groups is 1. The molecular formula is C22H16ClNO3S. The lowest BCUT2D eigenvalue weighted by Gasteiger charge is -2.12. The number of carbonyl (C=O) groups is 2. The highest BCUT2D eigenvalue weighted by Gasteiger charge is 2.35. The average molecular weight is 410 g/mol. The summed E-state index contributed by atoms with van der Waals surface area (Å²) in [6.45, 7) is 0.214. The molecule has 0 aliphatic carbocycles. The lowest BCUT2D eigenvalue weighted by Crippen LogP contribution is -2.27. The van der Waals surface area contributed by atoms with Crippen molar-refractivity contribution in [1.29, 1.82) is 0 Å².